The molecular weight excluding hydrogens is 304 g/mol. The standard InChI is InChI=1S/C15H18N2O4S/c1-2-3-6-13(15(18)19)17-22(20,21)14-7-4-5-11-10-16-9-8-12(11)14/h4-5,7-10,13,17H,2-3,6H2,1H3,(H,18,19)/t13-/m0/s1. The van der Waals surface area contributed by atoms with Crippen LogP contribution in [0.2, 0.25) is 0 Å². The van der Waals surface area contributed by atoms with E-state index in [0.717, 1.165) is 6.42 Å². The summed E-state index contributed by atoms with van der Waals surface area (Å²) in [5.41, 5.74) is 0. The number of rotatable bonds is 7. The molecule has 0 aliphatic carbocycles. The third-order valence-corrected chi connectivity index (χ3v) is 4.90. The summed E-state index contributed by atoms with van der Waals surface area (Å²) in [6.45, 7) is 1.92. The van der Waals surface area contributed by atoms with Crippen LogP contribution in [-0.4, -0.2) is 30.5 Å². The van der Waals surface area contributed by atoms with Gasteiger partial charge in [0.25, 0.3) is 0 Å². The molecule has 1 aromatic carbocycles. The first-order valence-electron chi connectivity index (χ1n) is 7.03. The number of unbranched alkanes of at least 4 members (excludes halogenated alkanes) is 1. The van der Waals surface area contributed by atoms with Gasteiger partial charge in [-0.05, 0) is 18.6 Å². The zero-order valence-corrected chi connectivity index (χ0v) is 13.0. The number of aliphatic carboxylic acids is 1. The maximum atomic E-state index is 12.5. The van der Waals surface area contributed by atoms with Crippen molar-refractivity contribution in [1.29, 1.82) is 0 Å². The lowest BCUT2D eigenvalue weighted by atomic mass is 10.1. The molecule has 1 atom stereocenters. The van der Waals surface area contributed by atoms with Gasteiger partial charge in [-0.15, -0.1) is 0 Å². The Labute approximate surface area is 129 Å². The molecule has 0 bridgehead atoms. The average Bonchev–Trinajstić information content (AvgIpc) is 2.50. The van der Waals surface area contributed by atoms with E-state index in [0.29, 0.717) is 17.2 Å². The predicted octanol–water partition coefficient (Wildman–Crippen LogP) is 2.16. The van der Waals surface area contributed by atoms with Crippen molar-refractivity contribution in [1.82, 2.24) is 9.71 Å². The number of carbonyl (C=O) groups is 1. The van der Waals surface area contributed by atoms with Gasteiger partial charge in [-0.1, -0.05) is 31.9 Å². The van der Waals surface area contributed by atoms with Crippen LogP contribution in [0.25, 0.3) is 10.8 Å². The Morgan fingerprint density at radius 2 is 2.14 bits per heavy atom. The molecule has 0 aliphatic heterocycles. The molecule has 2 aromatic rings. The minimum absolute atomic E-state index is 0.0650. The number of benzene rings is 1. The van der Waals surface area contributed by atoms with Gasteiger partial charge in [0.15, 0.2) is 0 Å². The predicted molar refractivity (Wildman–Crippen MR) is 83.0 cm³/mol. The molecule has 0 aliphatic rings. The van der Waals surface area contributed by atoms with E-state index in [1.165, 1.54) is 12.3 Å². The molecule has 2 rings (SSSR count). The number of fused-ring (bicyclic) bond motifs is 1. The number of pyridine rings is 1. The molecule has 0 saturated heterocycles. The van der Waals surface area contributed by atoms with Gasteiger partial charge < -0.3 is 5.11 Å². The van der Waals surface area contributed by atoms with Gasteiger partial charge in [0, 0.05) is 23.2 Å². The van der Waals surface area contributed by atoms with E-state index in [4.69, 9.17) is 0 Å². The number of carboxylic acid groups (broad SMARTS) is 1. The van der Waals surface area contributed by atoms with Gasteiger partial charge in [-0.3, -0.25) is 9.78 Å². The highest BCUT2D eigenvalue weighted by atomic mass is 32.2. The van der Waals surface area contributed by atoms with Crippen molar-refractivity contribution in [2.45, 2.75) is 37.1 Å². The van der Waals surface area contributed by atoms with Gasteiger partial charge in [0.2, 0.25) is 10.0 Å². The van der Waals surface area contributed by atoms with Crippen LogP contribution in [0.5, 0.6) is 0 Å². The third kappa shape index (κ3) is 3.61. The van der Waals surface area contributed by atoms with Crippen molar-refractivity contribution in [2.24, 2.45) is 0 Å². The maximum absolute atomic E-state index is 12.5. The zero-order valence-electron chi connectivity index (χ0n) is 12.2. The minimum atomic E-state index is -3.92. The summed E-state index contributed by atoms with van der Waals surface area (Å²) in [7, 11) is -3.92. The second-order valence-electron chi connectivity index (χ2n) is 5.01. The Hall–Kier alpha value is -1.99. The topological polar surface area (TPSA) is 96.4 Å². The monoisotopic (exact) mass is 322 g/mol. The second-order valence-corrected chi connectivity index (χ2v) is 6.69. The lowest BCUT2D eigenvalue weighted by molar-refractivity contribution is -0.139. The molecule has 0 unspecified atom stereocenters. The van der Waals surface area contributed by atoms with Gasteiger partial charge in [-0.25, -0.2) is 8.42 Å². The molecule has 0 fully saturated rings. The van der Waals surface area contributed by atoms with E-state index < -0.39 is 22.0 Å². The number of nitrogens with zero attached hydrogens (tertiary/aromatic N) is 1. The molecule has 0 saturated carbocycles. The number of hydrogen-bond acceptors (Lipinski definition) is 4. The fourth-order valence-corrected chi connectivity index (χ4v) is 3.67. The fraction of sp³-hybridized carbons (Fsp3) is 0.333. The summed E-state index contributed by atoms with van der Waals surface area (Å²) in [5, 5.41) is 10.4. The van der Waals surface area contributed by atoms with Crippen molar-refractivity contribution in [3.8, 4) is 0 Å². The van der Waals surface area contributed by atoms with Crippen molar-refractivity contribution in [3.05, 3.63) is 36.7 Å². The van der Waals surface area contributed by atoms with Crippen LogP contribution >= 0.6 is 0 Å². The van der Waals surface area contributed by atoms with E-state index in [-0.39, 0.29) is 11.3 Å². The number of nitrogens with one attached hydrogen (secondary N) is 1. The van der Waals surface area contributed by atoms with Crippen LogP contribution in [0.1, 0.15) is 26.2 Å². The normalized spacial score (nSPS) is 13.1. The Morgan fingerprint density at radius 3 is 2.82 bits per heavy atom. The molecule has 0 amide bonds. The lowest BCUT2D eigenvalue weighted by Crippen LogP contribution is -2.40. The Balaban J connectivity index is 2.38. The molecule has 22 heavy (non-hydrogen) atoms. The average molecular weight is 322 g/mol. The maximum Gasteiger partial charge on any atom is 0.321 e. The van der Waals surface area contributed by atoms with E-state index in [9.17, 15) is 18.3 Å². The molecule has 1 heterocycles. The SMILES string of the molecule is CCCC[C@H](NS(=O)(=O)c1cccc2cnccc12)C(=O)O. The molecular formula is C15H18N2O4S. The van der Waals surface area contributed by atoms with Crippen molar-refractivity contribution >= 4 is 26.8 Å². The molecule has 0 spiro atoms. The summed E-state index contributed by atoms with van der Waals surface area (Å²) in [5.74, 6) is -1.17. The molecule has 6 nitrogen and oxygen atoms in total. The minimum Gasteiger partial charge on any atom is -0.480 e. The zero-order chi connectivity index (χ0) is 16.2. The molecule has 2 N–H and O–H groups in total. The summed E-state index contributed by atoms with van der Waals surface area (Å²) in [6.07, 6.45) is 4.77. The number of hydrogen-bond donors (Lipinski definition) is 2. The van der Waals surface area contributed by atoms with E-state index in [2.05, 4.69) is 9.71 Å². The molecule has 118 valence electrons. The largest absolute Gasteiger partial charge is 0.480 e. The second kappa shape index (κ2) is 6.85. The first-order valence-corrected chi connectivity index (χ1v) is 8.52. The van der Waals surface area contributed by atoms with E-state index in [1.54, 1.807) is 24.4 Å². The van der Waals surface area contributed by atoms with Crippen LogP contribution in [0.4, 0.5) is 0 Å². The number of sulfonamides is 1. The van der Waals surface area contributed by atoms with Gasteiger partial charge >= 0.3 is 5.97 Å². The van der Waals surface area contributed by atoms with Gasteiger partial charge in [0.05, 0.1) is 4.90 Å². The first kappa shape index (κ1) is 16.4. The summed E-state index contributed by atoms with van der Waals surface area (Å²) in [6, 6.07) is 5.31. The van der Waals surface area contributed by atoms with Crippen LogP contribution < -0.4 is 4.72 Å². The Bertz CT molecular complexity index is 769. The summed E-state index contributed by atoms with van der Waals surface area (Å²) >= 11 is 0. The van der Waals surface area contributed by atoms with Crippen LogP contribution in [0, 0.1) is 0 Å². The number of carboxylic acids is 1. The smallest absolute Gasteiger partial charge is 0.321 e. The molecule has 1 aromatic heterocycles. The van der Waals surface area contributed by atoms with E-state index >= 15 is 0 Å². The van der Waals surface area contributed by atoms with Crippen molar-refractivity contribution in [3.63, 3.8) is 0 Å². The Kier molecular flexibility index (Phi) is 5.10. The highest BCUT2D eigenvalue weighted by molar-refractivity contribution is 7.89. The quantitative estimate of drug-likeness (QED) is 0.814. The fourth-order valence-electron chi connectivity index (χ4n) is 2.22. The number of aromatic nitrogens is 1. The van der Waals surface area contributed by atoms with Crippen molar-refractivity contribution in [2.75, 3.05) is 0 Å². The summed E-state index contributed by atoms with van der Waals surface area (Å²) in [4.78, 5) is 15.3. The lowest BCUT2D eigenvalue weighted by Gasteiger charge is -2.15. The van der Waals surface area contributed by atoms with Gasteiger partial charge in [0.1, 0.15) is 6.04 Å². The molecule has 0 radical (unpaired) electrons. The highest BCUT2D eigenvalue weighted by Gasteiger charge is 2.26. The van der Waals surface area contributed by atoms with Crippen LogP contribution in [-0.2, 0) is 14.8 Å². The van der Waals surface area contributed by atoms with Crippen LogP contribution in [0.3, 0.4) is 0 Å². The van der Waals surface area contributed by atoms with E-state index in [1.807, 2.05) is 6.92 Å². The highest BCUT2D eigenvalue weighted by Crippen LogP contribution is 2.22. The summed E-state index contributed by atoms with van der Waals surface area (Å²) < 4.78 is 27.3. The van der Waals surface area contributed by atoms with Crippen LogP contribution in [0.15, 0.2) is 41.6 Å². The van der Waals surface area contributed by atoms with Gasteiger partial charge in [-0.2, -0.15) is 4.72 Å². The van der Waals surface area contributed by atoms with Crippen molar-refractivity contribution < 1.29 is 18.3 Å². The first-order chi connectivity index (χ1) is 10.5. The molecule has 7 heteroatoms. The Morgan fingerprint density at radius 1 is 1.36 bits per heavy atom. The third-order valence-electron chi connectivity index (χ3n) is 3.37.